The summed E-state index contributed by atoms with van der Waals surface area (Å²) in [4.78, 5) is 33.4. The van der Waals surface area contributed by atoms with Gasteiger partial charge in [0.15, 0.2) is 0 Å². The molecule has 2 aliphatic heterocycles. The molecule has 2 aromatic carbocycles. The van der Waals surface area contributed by atoms with Crippen molar-refractivity contribution in [2.45, 2.75) is 58.8 Å². The summed E-state index contributed by atoms with van der Waals surface area (Å²) in [6.07, 6.45) is 7.11. The van der Waals surface area contributed by atoms with Gasteiger partial charge in [-0.15, -0.1) is 0 Å². The van der Waals surface area contributed by atoms with Crippen LogP contribution in [0.3, 0.4) is 0 Å². The highest BCUT2D eigenvalue weighted by Gasteiger charge is 2.27. The topological polar surface area (TPSA) is 65.1 Å². The van der Waals surface area contributed by atoms with E-state index in [-0.39, 0.29) is 17.7 Å². The minimum atomic E-state index is -0.000993. The van der Waals surface area contributed by atoms with E-state index in [1.807, 2.05) is 41.3 Å². The normalized spacial score (nSPS) is 16.8. The van der Waals surface area contributed by atoms with E-state index in [4.69, 9.17) is 4.74 Å². The van der Waals surface area contributed by atoms with Gasteiger partial charge in [-0.25, -0.2) is 0 Å². The summed E-state index contributed by atoms with van der Waals surface area (Å²) in [6.45, 7) is 9.10. The average molecular weight is 521 g/mol. The molecule has 2 amide bonds. The van der Waals surface area contributed by atoms with Crippen molar-refractivity contribution < 1.29 is 14.3 Å². The van der Waals surface area contributed by atoms with Crippen LogP contribution in [0.15, 0.2) is 42.5 Å². The van der Waals surface area contributed by atoms with E-state index in [0.717, 1.165) is 94.9 Å². The maximum atomic E-state index is 13.8. The monoisotopic (exact) mass is 520 g/mol. The molecule has 2 heterocycles. The van der Waals surface area contributed by atoms with E-state index in [1.165, 1.54) is 6.42 Å². The molecule has 1 N–H and O–H groups in total. The fourth-order valence-corrected chi connectivity index (χ4v) is 5.62. The smallest absolute Gasteiger partial charge is 0.256 e. The zero-order chi connectivity index (χ0) is 26.9. The number of unbranched alkanes of at least 4 members (excludes halogenated alkanes) is 1. The molecule has 0 bridgehead atoms. The molecule has 2 aromatic rings. The van der Waals surface area contributed by atoms with E-state index in [9.17, 15) is 9.59 Å². The molecule has 0 aromatic heterocycles. The van der Waals surface area contributed by atoms with Crippen LogP contribution in [-0.2, 0) is 4.79 Å². The number of para-hydroxylation sites is 2. The van der Waals surface area contributed by atoms with Crippen LogP contribution in [0.1, 0.15) is 69.2 Å². The minimum absolute atomic E-state index is 0.000993. The first-order chi connectivity index (χ1) is 18.5. The van der Waals surface area contributed by atoms with Crippen LogP contribution in [0.2, 0.25) is 0 Å². The van der Waals surface area contributed by atoms with Gasteiger partial charge in [0, 0.05) is 56.6 Å². The molecule has 0 spiro atoms. The van der Waals surface area contributed by atoms with Crippen LogP contribution in [0.5, 0.6) is 5.75 Å². The van der Waals surface area contributed by atoms with Crippen LogP contribution in [0, 0.1) is 5.92 Å². The molecule has 2 saturated heterocycles. The number of piperidine rings is 1. The minimum Gasteiger partial charge on any atom is -0.495 e. The lowest BCUT2D eigenvalue weighted by molar-refractivity contribution is -0.120. The number of methoxy groups -OCH3 is 1. The van der Waals surface area contributed by atoms with Gasteiger partial charge in [-0.05, 0) is 62.4 Å². The summed E-state index contributed by atoms with van der Waals surface area (Å²) in [6, 6.07) is 14.0. The number of anilines is 3. The molecule has 1 unspecified atom stereocenters. The van der Waals surface area contributed by atoms with E-state index >= 15 is 0 Å². The predicted molar refractivity (Wildman–Crippen MR) is 156 cm³/mol. The van der Waals surface area contributed by atoms with Crippen molar-refractivity contribution in [3.63, 3.8) is 0 Å². The van der Waals surface area contributed by atoms with Crippen molar-refractivity contribution in [3.05, 3.63) is 48.0 Å². The number of benzene rings is 2. The first-order valence-electron chi connectivity index (χ1n) is 14.4. The number of piperazine rings is 1. The van der Waals surface area contributed by atoms with Crippen LogP contribution in [0.25, 0.3) is 0 Å². The third-order valence-corrected chi connectivity index (χ3v) is 7.95. The van der Waals surface area contributed by atoms with E-state index in [0.29, 0.717) is 11.3 Å². The van der Waals surface area contributed by atoms with Crippen molar-refractivity contribution in [1.82, 2.24) is 4.90 Å². The van der Waals surface area contributed by atoms with Gasteiger partial charge in [0.1, 0.15) is 5.75 Å². The van der Waals surface area contributed by atoms with Crippen LogP contribution in [-0.4, -0.2) is 63.1 Å². The maximum absolute atomic E-state index is 13.8. The number of nitrogens with one attached hydrogen (secondary N) is 1. The molecule has 2 aliphatic rings. The van der Waals surface area contributed by atoms with Crippen molar-refractivity contribution in [2.75, 3.05) is 61.5 Å². The summed E-state index contributed by atoms with van der Waals surface area (Å²) in [5.41, 5.74) is 3.46. The van der Waals surface area contributed by atoms with Crippen LogP contribution in [0.4, 0.5) is 17.1 Å². The van der Waals surface area contributed by atoms with Gasteiger partial charge < -0.3 is 24.8 Å². The van der Waals surface area contributed by atoms with Crippen molar-refractivity contribution >= 4 is 28.9 Å². The predicted octanol–water partition coefficient (Wildman–Crippen LogP) is 5.80. The van der Waals surface area contributed by atoms with Gasteiger partial charge in [0.25, 0.3) is 5.91 Å². The highest BCUT2D eigenvalue weighted by Crippen LogP contribution is 2.32. The summed E-state index contributed by atoms with van der Waals surface area (Å²) >= 11 is 0. The molecule has 4 rings (SSSR count). The highest BCUT2D eigenvalue weighted by atomic mass is 16.5. The summed E-state index contributed by atoms with van der Waals surface area (Å²) < 4.78 is 5.58. The number of carbonyl (C=O) groups is 2. The Kier molecular flexibility index (Phi) is 9.91. The second-order valence-electron chi connectivity index (χ2n) is 10.5. The zero-order valence-corrected chi connectivity index (χ0v) is 23.4. The van der Waals surface area contributed by atoms with Gasteiger partial charge in [-0.3, -0.25) is 9.59 Å². The standard InChI is InChI=1S/C31H44N4O3/c1-4-6-12-24(5-2)30(36)32-25-15-16-27(26(23-25)31(37)35-17-10-7-11-18-35)33-19-21-34(22-20-33)28-13-8-9-14-29(28)38-3/h8-9,13-16,23-24H,4-7,10-12,17-22H2,1-3H3,(H,32,36). The lowest BCUT2D eigenvalue weighted by Crippen LogP contribution is -2.47. The Balaban J connectivity index is 1.54. The van der Waals surface area contributed by atoms with Gasteiger partial charge >= 0.3 is 0 Å². The molecule has 206 valence electrons. The van der Waals surface area contributed by atoms with Crippen LogP contribution >= 0.6 is 0 Å². The Hall–Kier alpha value is -3.22. The van der Waals surface area contributed by atoms with Crippen molar-refractivity contribution in [3.8, 4) is 5.75 Å². The summed E-state index contributed by atoms with van der Waals surface area (Å²) in [7, 11) is 1.71. The van der Waals surface area contributed by atoms with E-state index in [1.54, 1.807) is 7.11 Å². The molecule has 38 heavy (non-hydrogen) atoms. The zero-order valence-electron chi connectivity index (χ0n) is 23.4. The molecule has 7 heteroatoms. The molecule has 2 fully saturated rings. The molecular formula is C31H44N4O3. The number of rotatable bonds is 10. The van der Waals surface area contributed by atoms with Crippen molar-refractivity contribution in [2.24, 2.45) is 5.92 Å². The number of nitrogens with zero attached hydrogens (tertiary/aromatic N) is 3. The summed E-state index contributed by atoms with van der Waals surface area (Å²) in [5, 5.41) is 3.12. The number of likely N-dealkylation sites (tertiary alicyclic amines) is 1. The Labute approximate surface area is 228 Å². The first-order valence-corrected chi connectivity index (χ1v) is 14.4. The van der Waals surface area contributed by atoms with Crippen molar-refractivity contribution in [1.29, 1.82) is 0 Å². The molecule has 1 atom stereocenters. The van der Waals surface area contributed by atoms with Crippen LogP contribution < -0.4 is 19.9 Å². The Morgan fingerprint density at radius 2 is 1.58 bits per heavy atom. The second kappa shape index (κ2) is 13.5. The number of hydrogen-bond donors (Lipinski definition) is 1. The fourth-order valence-electron chi connectivity index (χ4n) is 5.62. The molecule has 7 nitrogen and oxygen atoms in total. The van der Waals surface area contributed by atoms with Gasteiger partial charge in [0.2, 0.25) is 5.91 Å². The fraction of sp³-hybridized carbons (Fsp3) is 0.548. The van der Waals surface area contributed by atoms with Gasteiger partial charge in [0.05, 0.1) is 18.4 Å². The molecular weight excluding hydrogens is 476 g/mol. The third kappa shape index (κ3) is 6.61. The average Bonchev–Trinajstić information content (AvgIpc) is 2.97. The Morgan fingerprint density at radius 3 is 2.24 bits per heavy atom. The number of hydrogen-bond acceptors (Lipinski definition) is 5. The third-order valence-electron chi connectivity index (χ3n) is 7.95. The molecule has 0 saturated carbocycles. The second-order valence-corrected chi connectivity index (χ2v) is 10.5. The lowest BCUT2D eigenvalue weighted by atomic mass is 9.98. The quantitative estimate of drug-likeness (QED) is 0.429. The molecule has 0 aliphatic carbocycles. The van der Waals surface area contributed by atoms with Gasteiger partial charge in [-0.1, -0.05) is 38.8 Å². The SMILES string of the molecule is CCCCC(CC)C(=O)Nc1ccc(N2CCN(c3ccccc3OC)CC2)c(C(=O)N2CCCCC2)c1. The number of amides is 2. The summed E-state index contributed by atoms with van der Waals surface area (Å²) in [5.74, 6) is 1.00. The van der Waals surface area contributed by atoms with E-state index in [2.05, 4.69) is 35.0 Å². The lowest BCUT2D eigenvalue weighted by Gasteiger charge is -2.39. The van der Waals surface area contributed by atoms with Gasteiger partial charge in [-0.2, -0.15) is 0 Å². The largest absolute Gasteiger partial charge is 0.495 e. The maximum Gasteiger partial charge on any atom is 0.256 e. The Morgan fingerprint density at radius 1 is 0.895 bits per heavy atom. The Bertz CT molecular complexity index is 1070. The van der Waals surface area contributed by atoms with E-state index < -0.39 is 0 Å². The number of carbonyl (C=O) groups excluding carboxylic acids is 2. The highest BCUT2D eigenvalue weighted by molar-refractivity contribution is 6.02. The molecule has 0 radical (unpaired) electrons. The first kappa shape index (κ1) is 27.8. The number of ether oxygens (including phenoxy) is 1.